The van der Waals surface area contributed by atoms with Crippen molar-refractivity contribution >= 4 is 28.9 Å². The number of rotatable bonds is 3. The van der Waals surface area contributed by atoms with Crippen LogP contribution in [0, 0.1) is 0 Å². The molecule has 4 rings (SSSR count). The van der Waals surface area contributed by atoms with Crippen LogP contribution in [0.3, 0.4) is 0 Å². The standard InChI is InChI=1S/C20H21N2O2/c1-21-18-4-2-3-5-19(18)24-20(21)11-8-16-6-9-17(10-7-16)22-12-14-23-15-13-22/h2-11H,12-15H2,1H3/q+1. The number of para-hydroxylation sites is 2. The fourth-order valence-electron chi connectivity index (χ4n) is 3.05. The van der Waals surface area contributed by atoms with E-state index in [9.17, 15) is 0 Å². The minimum atomic E-state index is 0.810. The maximum atomic E-state index is 5.89. The summed E-state index contributed by atoms with van der Waals surface area (Å²) in [6.07, 6.45) is 4.10. The molecule has 0 aliphatic carbocycles. The normalized spacial score (nSPS) is 15.5. The Balaban J connectivity index is 1.53. The Morgan fingerprint density at radius 3 is 2.46 bits per heavy atom. The van der Waals surface area contributed by atoms with Crippen LogP contribution in [0.5, 0.6) is 0 Å². The molecule has 0 saturated carbocycles. The van der Waals surface area contributed by atoms with Crippen molar-refractivity contribution in [1.82, 2.24) is 0 Å². The fraction of sp³-hybridized carbons (Fsp3) is 0.250. The summed E-state index contributed by atoms with van der Waals surface area (Å²) in [5.41, 5.74) is 4.42. The number of oxazole rings is 1. The smallest absolute Gasteiger partial charge is 0.373 e. The van der Waals surface area contributed by atoms with Gasteiger partial charge in [0.2, 0.25) is 5.58 Å². The lowest BCUT2D eigenvalue weighted by Crippen LogP contribution is -2.36. The van der Waals surface area contributed by atoms with Crippen LogP contribution in [-0.4, -0.2) is 26.3 Å². The summed E-state index contributed by atoms with van der Waals surface area (Å²) in [6.45, 7) is 3.54. The Labute approximate surface area is 141 Å². The molecule has 0 atom stereocenters. The summed E-state index contributed by atoms with van der Waals surface area (Å²) in [4.78, 5) is 2.36. The van der Waals surface area contributed by atoms with Crippen molar-refractivity contribution in [3.8, 4) is 0 Å². The lowest BCUT2D eigenvalue weighted by atomic mass is 10.1. The highest BCUT2D eigenvalue weighted by Gasteiger charge is 2.15. The Morgan fingerprint density at radius 1 is 0.958 bits per heavy atom. The predicted molar refractivity (Wildman–Crippen MR) is 95.8 cm³/mol. The van der Waals surface area contributed by atoms with E-state index in [4.69, 9.17) is 9.15 Å². The molecule has 24 heavy (non-hydrogen) atoms. The number of hydrogen-bond acceptors (Lipinski definition) is 3. The largest absolute Gasteiger partial charge is 0.398 e. The molecular formula is C20H21N2O2+. The molecule has 3 aromatic rings. The third-order valence-corrected chi connectivity index (χ3v) is 4.46. The maximum Gasteiger partial charge on any atom is 0.373 e. The first-order valence-electron chi connectivity index (χ1n) is 8.30. The van der Waals surface area contributed by atoms with Crippen LogP contribution in [0.1, 0.15) is 11.5 Å². The van der Waals surface area contributed by atoms with Gasteiger partial charge in [0, 0.05) is 24.8 Å². The lowest BCUT2D eigenvalue weighted by Gasteiger charge is -2.28. The molecule has 0 radical (unpaired) electrons. The fourth-order valence-corrected chi connectivity index (χ4v) is 3.05. The molecule has 0 N–H and O–H groups in total. The molecule has 1 fully saturated rings. The van der Waals surface area contributed by atoms with Gasteiger partial charge in [-0.05, 0) is 29.8 Å². The van der Waals surface area contributed by atoms with Gasteiger partial charge in [0.05, 0.1) is 19.3 Å². The van der Waals surface area contributed by atoms with E-state index in [1.54, 1.807) is 0 Å². The van der Waals surface area contributed by atoms with E-state index >= 15 is 0 Å². The van der Waals surface area contributed by atoms with E-state index in [1.165, 1.54) is 5.69 Å². The molecule has 0 bridgehead atoms. The van der Waals surface area contributed by atoms with Gasteiger partial charge in [0.25, 0.3) is 5.52 Å². The first-order chi connectivity index (χ1) is 11.8. The predicted octanol–water partition coefficient (Wildman–Crippen LogP) is 3.26. The first kappa shape index (κ1) is 15.0. The summed E-state index contributed by atoms with van der Waals surface area (Å²) in [5, 5.41) is 0. The molecule has 1 aliphatic rings. The van der Waals surface area contributed by atoms with Crippen LogP contribution in [-0.2, 0) is 11.8 Å². The summed E-state index contributed by atoms with van der Waals surface area (Å²) in [6, 6.07) is 16.7. The Kier molecular flexibility index (Phi) is 4.05. The molecule has 0 unspecified atom stereocenters. The zero-order valence-corrected chi connectivity index (χ0v) is 13.8. The molecule has 2 aromatic carbocycles. The molecule has 4 nitrogen and oxygen atoms in total. The highest BCUT2D eigenvalue weighted by molar-refractivity contribution is 5.72. The second-order valence-corrected chi connectivity index (χ2v) is 5.99. The minimum absolute atomic E-state index is 0.810. The zero-order valence-electron chi connectivity index (χ0n) is 13.8. The minimum Gasteiger partial charge on any atom is -0.398 e. The van der Waals surface area contributed by atoms with Crippen molar-refractivity contribution in [2.75, 3.05) is 31.2 Å². The zero-order chi connectivity index (χ0) is 16.4. The van der Waals surface area contributed by atoms with Crippen LogP contribution >= 0.6 is 0 Å². The average Bonchev–Trinajstić information content (AvgIpc) is 2.97. The number of nitrogens with zero attached hydrogens (tertiary/aromatic N) is 2. The number of hydrogen-bond donors (Lipinski definition) is 0. The Hall–Kier alpha value is -2.59. The van der Waals surface area contributed by atoms with Crippen molar-refractivity contribution in [1.29, 1.82) is 0 Å². The summed E-state index contributed by atoms with van der Waals surface area (Å²) >= 11 is 0. The van der Waals surface area contributed by atoms with Gasteiger partial charge in [-0.15, -0.1) is 0 Å². The topological polar surface area (TPSA) is 29.5 Å². The van der Waals surface area contributed by atoms with Crippen LogP contribution in [0.2, 0.25) is 0 Å². The number of ether oxygens (including phenoxy) is 1. The van der Waals surface area contributed by atoms with Gasteiger partial charge < -0.3 is 14.1 Å². The number of aryl methyl sites for hydroxylation is 1. The summed E-state index contributed by atoms with van der Waals surface area (Å²) in [7, 11) is 2.02. The molecule has 2 heterocycles. The van der Waals surface area contributed by atoms with Crippen LogP contribution in [0.25, 0.3) is 23.3 Å². The molecule has 1 aliphatic heterocycles. The van der Waals surface area contributed by atoms with Gasteiger partial charge in [-0.3, -0.25) is 0 Å². The van der Waals surface area contributed by atoms with Crippen molar-refractivity contribution < 1.29 is 13.7 Å². The Bertz CT molecular complexity index is 859. The van der Waals surface area contributed by atoms with Crippen molar-refractivity contribution in [2.24, 2.45) is 7.05 Å². The number of morpholine rings is 1. The van der Waals surface area contributed by atoms with E-state index in [0.717, 1.165) is 48.9 Å². The monoisotopic (exact) mass is 321 g/mol. The second kappa shape index (κ2) is 6.49. The van der Waals surface area contributed by atoms with E-state index in [0.29, 0.717) is 0 Å². The number of benzene rings is 2. The molecule has 122 valence electrons. The first-order valence-corrected chi connectivity index (χ1v) is 8.30. The summed E-state index contributed by atoms with van der Waals surface area (Å²) < 4.78 is 13.4. The number of anilines is 1. The quantitative estimate of drug-likeness (QED) is 0.694. The lowest BCUT2D eigenvalue weighted by molar-refractivity contribution is -0.651. The van der Waals surface area contributed by atoms with E-state index in [1.807, 2.05) is 31.3 Å². The van der Waals surface area contributed by atoms with Gasteiger partial charge in [0.1, 0.15) is 7.05 Å². The van der Waals surface area contributed by atoms with Crippen LogP contribution in [0.15, 0.2) is 52.9 Å². The van der Waals surface area contributed by atoms with Crippen molar-refractivity contribution in [2.45, 2.75) is 0 Å². The number of aromatic nitrogens is 1. The van der Waals surface area contributed by atoms with E-state index in [-0.39, 0.29) is 0 Å². The molecule has 0 amide bonds. The van der Waals surface area contributed by atoms with Crippen molar-refractivity contribution in [3.63, 3.8) is 0 Å². The molecule has 1 saturated heterocycles. The highest BCUT2D eigenvalue weighted by atomic mass is 16.5. The van der Waals surface area contributed by atoms with Crippen molar-refractivity contribution in [3.05, 3.63) is 60.0 Å². The maximum absolute atomic E-state index is 5.89. The molecule has 1 aromatic heterocycles. The average molecular weight is 321 g/mol. The van der Waals surface area contributed by atoms with Gasteiger partial charge in [-0.1, -0.05) is 24.3 Å². The van der Waals surface area contributed by atoms with E-state index in [2.05, 4.69) is 45.9 Å². The van der Waals surface area contributed by atoms with Gasteiger partial charge in [-0.2, -0.15) is 4.57 Å². The number of fused-ring (bicyclic) bond motifs is 1. The summed E-state index contributed by atoms with van der Waals surface area (Å²) in [5.74, 6) is 0.841. The Morgan fingerprint density at radius 2 is 1.71 bits per heavy atom. The molecule has 4 heteroatoms. The highest BCUT2D eigenvalue weighted by Crippen LogP contribution is 2.19. The van der Waals surface area contributed by atoms with Gasteiger partial charge in [-0.25, -0.2) is 0 Å². The molecule has 0 spiro atoms. The molecular weight excluding hydrogens is 300 g/mol. The van der Waals surface area contributed by atoms with Gasteiger partial charge >= 0.3 is 5.89 Å². The third kappa shape index (κ3) is 2.93. The van der Waals surface area contributed by atoms with Gasteiger partial charge in [0.15, 0.2) is 0 Å². The van der Waals surface area contributed by atoms with Crippen LogP contribution < -0.4 is 9.47 Å². The van der Waals surface area contributed by atoms with E-state index < -0.39 is 0 Å². The second-order valence-electron chi connectivity index (χ2n) is 5.99. The van der Waals surface area contributed by atoms with Crippen LogP contribution in [0.4, 0.5) is 5.69 Å². The third-order valence-electron chi connectivity index (χ3n) is 4.46. The SMILES string of the molecule is C[n+]1c(/C=C/c2ccc(N3CCOCC3)cc2)oc2ccccc21.